The third kappa shape index (κ3) is 2.68. The van der Waals surface area contributed by atoms with E-state index in [4.69, 9.17) is 5.73 Å². The lowest BCUT2D eigenvalue weighted by Crippen LogP contribution is -2.25. The minimum atomic E-state index is -0.251. The second kappa shape index (κ2) is 5.46. The van der Waals surface area contributed by atoms with E-state index < -0.39 is 0 Å². The first kappa shape index (κ1) is 13.0. The maximum Gasteiger partial charge on any atom is 0.168 e. The van der Waals surface area contributed by atoms with Crippen LogP contribution in [0.15, 0.2) is 41.8 Å². The molecule has 1 aromatic carbocycles. The Labute approximate surface area is 111 Å². The Morgan fingerprint density at radius 1 is 1.28 bits per heavy atom. The summed E-state index contributed by atoms with van der Waals surface area (Å²) >= 11 is 1.60. The Hall–Kier alpha value is -1.45. The van der Waals surface area contributed by atoms with Gasteiger partial charge in [0.05, 0.1) is 0 Å². The highest BCUT2D eigenvalue weighted by atomic mass is 32.1. The van der Waals surface area contributed by atoms with E-state index in [0.717, 1.165) is 16.0 Å². The standard InChI is InChI=1S/C15H17NOS/c1-10-8-13(9-18-10)15(17)11(2)14(16)12-6-4-3-5-7-12/h3-9,11,14H,16H2,1-2H3. The van der Waals surface area contributed by atoms with Crippen molar-refractivity contribution in [2.24, 2.45) is 11.7 Å². The van der Waals surface area contributed by atoms with Gasteiger partial charge in [-0.25, -0.2) is 0 Å². The van der Waals surface area contributed by atoms with Crippen LogP contribution in [0.3, 0.4) is 0 Å². The summed E-state index contributed by atoms with van der Waals surface area (Å²) in [5.41, 5.74) is 7.95. The maximum absolute atomic E-state index is 12.3. The molecule has 18 heavy (non-hydrogen) atoms. The van der Waals surface area contributed by atoms with Crippen LogP contribution >= 0.6 is 11.3 Å². The monoisotopic (exact) mass is 259 g/mol. The van der Waals surface area contributed by atoms with Gasteiger partial charge in [0.25, 0.3) is 0 Å². The Morgan fingerprint density at radius 3 is 2.50 bits per heavy atom. The number of aryl methyl sites for hydroxylation is 1. The maximum atomic E-state index is 12.3. The van der Waals surface area contributed by atoms with Crippen LogP contribution in [0, 0.1) is 12.8 Å². The molecule has 1 aromatic heterocycles. The van der Waals surface area contributed by atoms with Gasteiger partial charge >= 0.3 is 0 Å². The number of carbonyl (C=O) groups excluding carboxylic acids is 1. The third-order valence-electron chi connectivity index (χ3n) is 3.15. The van der Waals surface area contributed by atoms with Gasteiger partial charge in [-0.3, -0.25) is 4.79 Å². The molecule has 0 fully saturated rings. The molecule has 2 N–H and O–H groups in total. The molecule has 1 heterocycles. The normalized spacial score (nSPS) is 14.2. The van der Waals surface area contributed by atoms with Crippen LogP contribution in [-0.2, 0) is 0 Å². The molecule has 2 atom stereocenters. The molecule has 0 aliphatic rings. The number of rotatable bonds is 4. The van der Waals surface area contributed by atoms with Gasteiger partial charge in [-0.1, -0.05) is 37.3 Å². The predicted octanol–water partition coefficient (Wildman–Crippen LogP) is 3.58. The molecule has 0 bridgehead atoms. The number of Topliss-reactive ketones (excluding diaryl/α,β-unsaturated/α-hetero) is 1. The van der Waals surface area contributed by atoms with Crippen molar-refractivity contribution in [1.82, 2.24) is 0 Å². The summed E-state index contributed by atoms with van der Waals surface area (Å²) in [6, 6.07) is 11.5. The Kier molecular flexibility index (Phi) is 3.94. The summed E-state index contributed by atoms with van der Waals surface area (Å²) in [5.74, 6) is -0.0860. The van der Waals surface area contributed by atoms with E-state index in [-0.39, 0.29) is 17.7 Å². The van der Waals surface area contributed by atoms with Crippen molar-refractivity contribution < 1.29 is 4.79 Å². The van der Waals surface area contributed by atoms with E-state index in [9.17, 15) is 4.79 Å². The minimum Gasteiger partial charge on any atom is -0.323 e. The summed E-state index contributed by atoms with van der Waals surface area (Å²) in [6.45, 7) is 3.90. The zero-order valence-corrected chi connectivity index (χ0v) is 11.4. The van der Waals surface area contributed by atoms with Crippen LogP contribution in [0.1, 0.15) is 33.8 Å². The summed E-state index contributed by atoms with van der Waals surface area (Å²) in [4.78, 5) is 13.5. The van der Waals surface area contributed by atoms with Gasteiger partial charge in [0.2, 0.25) is 0 Å². The average molecular weight is 259 g/mol. The van der Waals surface area contributed by atoms with E-state index in [1.807, 2.05) is 55.6 Å². The number of benzene rings is 1. The average Bonchev–Trinajstić information content (AvgIpc) is 2.84. The zero-order chi connectivity index (χ0) is 13.1. The van der Waals surface area contributed by atoms with Gasteiger partial charge in [-0.05, 0) is 18.6 Å². The summed E-state index contributed by atoms with van der Waals surface area (Å²) < 4.78 is 0. The number of carbonyl (C=O) groups is 1. The molecule has 0 saturated carbocycles. The van der Waals surface area contributed by atoms with Crippen LogP contribution in [0.4, 0.5) is 0 Å². The first-order valence-corrected chi connectivity index (χ1v) is 6.87. The van der Waals surface area contributed by atoms with E-state index in [1.54, 1.807) is 11.3 Å². The molecular weight excluding hydrogens is 242 g/mol. The predicted molar refractivity (Wildman–Crippen MR) is 75.9 cm³/mol. The van der Waals surface area contributed by atoms with Crippen molar-refractivity contribution in [2.75, 3.05) is 0 Å². The molecule has 2 unspecified atom stereocenters. The first-order chi connectivity index (χ1) is 8.59. The molecule has 0 saturated heterocycles. The number of hydrogen-bond acceptors (Lipinski definition) is 3. The molecule has 0 aliphatic carbocycles. The molecule has 2 aromatic rings. The van der Waals surface area contributed by atoms with Gasteiger partial charge in [-0.2, -0.15) is 0 Å². The van der Waals surface area contributed by atoms with E-state index in [2.05, 4.69) is 0 Å². The largest absolute Gasteiger partial charge is 0.323 e. The second-order valence-electron chi connectivity index (χ2n) is 4.54. The first-order valence-electron chi connectivity index (χ1n) is 5.99. The Balaban J connectivity index is 2.16. The van der Waals surface area contributed by atoms with Crippen molar-refractivity contribution >= 4 is 17.1 Å². The molecule has 2 rings (SSSR count). The molecule has 94 valence electrons. The zero-order valence-electron chi connectivity index (χ0n) is 10.6. The molecule has 0 aliphatic heterocycles. The molecule has 2 nitrogen and oxygen atoms in total. The lowest BCUT2D eigenvalue weighted by molar-refractivity contribution is 0.0913. The van der Waals surface area contributed by atoms with Crippen molar-refractivity contribution in [3.05, 3.63) is 57.8 Å². The number of hydrogen-bond donors (Lipinski definition) is 1. The molecule has 0 spiro atoms. The van der Waals surface area contributed by atoms with Crippen LogP contribution in [0.25, 0.3) is 0 Å². The quantitative estimate of drug-likeness (QED) is 0.853. The van der Waals surface area contributed by atoms with Crippen LogP contribution in [0.2, 0.25) is 0 Å². The second-order valence-corrected chi connectivity index (χ2v) is 5.65. The molecule has 0 radical (unpaired) electrons. The lowest BCUT2D eigenvalue weighted by atomic mass is 9.89. The molecule has 0 amide bonds. The lowest BCUT2D eigenvalue weighted by Gasteiger charge is -2.18. The highest BCUT2D eigenvalue weighted by Crippen LogP contribution is 2.24. The smallest absolute Gasteiger partial charge is 0.168 e. The molecule has 3 heteroatoms. The van der Waals surface area contributed by atoms with Gasteiger partial charge < -0.3 is 5.73 Å². The van der Waals surface area contributed by atoms with Gasteiger partial charge in [0, 0.05) is 27.8 Å². The van der Waals surface area contributed by atoms with Gasteiger partial charge in [-0.15, -0.1) is 11.3 Å². The third-order valence-corrected chi connectivity index (χ3v) is 4.01. The number of thiophene rings is 1. The number of nitrogens with two attached hydrogens (primary N) is 1. The fourth-order valence-corrected chi connectivity index (χ4v) is 2.65. The van der Waals surface area contributed by atoms with Crippen molar-refractivity contribution in [3.63, 3.8) is 0 Å². The van der Waals surface area contributed by atoms with Gasteiger partial charge in [0.1, 0.15) is 0 Å². The van der Waals surface area contributed by atoms with Gasteiger partial charge in [0.15, 0.2) is 5.78 Å². The Morgan fingerprint density at radius 2 is 1.94 bits per heavy atom. The van der Waals surface area contributed by atoms with Crippen molar-refractivity contribution in [2.45, 2.75) is 19.9 Å². The van der Waals surface area contributed by atoms with Crippen LogP contribution in [-0.4, -0.2) is 5.78 Å². The van der Waals surface area contributed by atoms with Crippen LogP contribution in [0.5, 0.6) is 0 Å². The summed E-state index contributed by atoms with van der Waals surface area (Å²) in [6.07, 6.45) is 0. The fraction of sp³-hybridized carbons (Fsp3) is 0.267. The highest BCUT2D eigenvalue weighted by molar-refractivity contribution is 7.10. The van der Waals surface area contributed by atoms with Crippen molar-refractivity contribution in [1.29, 1.82) is 0 Å². The highest BCUT2D eigenvalue weighted by Gasteiger charge is 2.23. The SMILES string of the molecule is Cc1cc(C(=O)C(C)C(N)c2ccccc2)cs1. The van der Waals surface area contributed by atoms with E-state index in [0.29, 0.717) is 0 Å². The summed E-state index contributed by atoms with van der Waals surface area (Å²) in [5, 5.41) is 1.91. The van der Waals surface area contributed by atoms with Crippen molar-refractivity contribution in [3.8, 4) is 0 Å². The van der Waals surface area contributed by atoms with Crippen LogP contribution < -0.4 is 5.73 Å². The van der Waals surface area contributed by atoms with E-state index >= 15 is 0 Å². The number of ketones is 1. The fourth-order valence-electron chi connectivity index (χ4n) is 1.96. The topological polar surface area (TPSA) is 43.1 Å². The summed E-state index contributed by atoms with van der Waals surface area (Å²) in [7, 11) is 0. The minimum absolute atomic E-state index is 0.121. The van der Waals surface area contributed by atoms with E-state index in [1.165, 1.54) is 0 Å². The Bertz CT molecular complexity index is 532. The molecular formula is C15H17NOS.